The van der Waals surface area contributed by atoms with Gasteiger partial charge < -0.3 is 15.4 Å². The Kier molecular flexibility index (Phi) is 10.6. The smallest absolute Gasteiger partial charge is 0.412 e. The molecule has 0 unspecified atom stereocenters. The lowest BCUT2D eigenvalue weighted by molar-refractivity contribution is 0.0636. The van der Waals surface area contributed by atoms with Gasteiger partial charge in [-0.3, -0.25) is 10.3 Å². The number of carbonyl (C=O) groups excluding carboxylic acids is 1. The molecular formula is C22H30FIN4O2. The second-order valence-corrected chi connectivity index (χ2v) is 7.56. The van der Waals surface area contributed by atoms with Gasteiger partial charge in [-0.1, -0.05) is 24.3 Å². The number of halogens is 2. The molecule has 0 aliphatic rings. The number of ether oxygens (including phenoxy) is 1. The van der Waals surface area contributed by atoms with E-state index in [0.717, 1.165) is 17.5 Å². The van der Waals surface area contributed by atoms with Gasteiger partial charge in [0.25, 0.3) is 0 Å². The highest BCUT2D eigenvalue weighted by molar-refractivity contribution is 14.0. The van der Waals surface area contributed by atoms with Gasteiger partial charge in [0.1, 0.15) is 11.4 Å². The fourth-order valence-corrected chi connectivity index (χ4v) is 2.55. The standard InChI is InChI=1S/C22H29FN4O2.HI/c1-22(2,3)29-21(28)27-19-10-8-16(9-11-19)12-13-25-20(24-4)26-15-17-6-5-7-18(23)14-17;/h5-11,14H,12-13,15H2,1-4H3,(H,27,28)(H2,24,25,26);1H. The molecule has 0 spiro atoms. The molecule has 3 N–H and O–H groups in total. The number of guanidine groups is 1. The monoisotopic (exact) mass is 528 g/mol. The number of nitrogens with zero attached hydrogens (tertiary/aromatic N) is 1. The first-order valence-corrected chi connectivity index (χ1v) is 9.53. The Balaban J connectivity index is 0.00000450. The quantitative estimate of drug-likeness (QED) is 0.289. The number of rotatable bonds is 6. The van der Waals surface area contributed by atoms with Crippen LogP contribution >= 0.6 is 24.0 Å². The Labute approximate surface area is 194 Å². The minimum Gasteiger partial charge on any atom is -0.444 e. The third-order valence-corrected chi connectivity index (χ3v) is 3.88. The summed E-state index contributed by atoms with van der Waals surface area (Å²) < 4.78 is 18.5. The molecule has 1 amide bonds. The van der Waals surface area contributed by atoms with Crippen LogP contribution in [0.3, 0.4) is 0 Å². The van der Waals surface area contributed by atoms with Crippen LogP contribution in [-0.2, 0) is 17.7 Å². The Hall–Kier alpha value is -2.36. The highest BCUT2D eigenvalue weighted by Crippen LogP contribution is 2.13. The van der Waals surface area contributed by atoms with E-state index >= 15 is 0 Å². The lowest BCUT2D eigenvalue weighted by atomic mass is 10.1. The van der Waals surface area contributed by atoms with Crippen molar-refractivity contribution in [2.24, 2.45) is 4.99 Å². The average Bonchev–Trinajstić information content (AvgIpc) is 2.64. The van der Waals surface area contributed by atoms with E-state index in [0.29, 0.717) is 24.7 Å². The third kappa shape index (κ3) is 9.91. The molecule has 2 rings (SSSR count). The predicted octanol–water partition coefficient (Wildman–Crippen LogP) is 4.70. The number of carbonyl (C=O) groups is 1. The predicted molar refractivity (Wildman–Crippen MR) is 130 cm³/mol. The Bertz CT molecular complexity index is 836. The van der Waals surface area contributed by atoms with E-state index in [-0.39, 0.29) is 29.8 Å². The van der Waals surface area contributed by atoms with Crippen LogP contribution in [0.5, 0.6) is 0 Å². The number of amides is 1. The average molecular weight is 528 g/mol. The molecule has 0 bridgehead atoms. The van der Waals surface area contributed by atoms with E-state index < -0.39 is 11.7 Å². The second kappa shape index (κ2) is 12.4. The fraction of sp³-hybridized carbons (Fsp3) is 0.364. The summed E-state index contributed by atoms with van der Waals surface area (Å²) in [5.41, 5.74) is 2.12. The van der Waals surface area contributed by atoms with E-state index in [1.54, 1.807) is 13.1 Å². The van der Waals surface area contributed by atoms with Crippen molar-refractivity contribution in [1.82, 2.24) is 10.6 Å². The molecule has 6 nitrogen and oxygen atoms in total. The highest BCUT2D eigenvalue weighted by Gasteiger charge is 2.16. The van der Waals surface area contributed by atoms with E-state index in [1.165, 1.54) is 12.1 Å². The molecule has 0 aliphatic heterocycles. The maximum Gasteiger partial charge on any atom is 0.412 e. The maximum absolute atomic E-state index is 13.2. The topological polar surface area (TPSA) is 74.8 Å². The molecule has 30 heavy (non-hydrogen) atoms. The number of anilines is 1. The van der Waals surface area contributed by atoms with Crippen LogP contribution in [0.25, 0.3) is 0 Å². The largest absolute Gasteiger partial charge is 0.444 e. The van der Waals surface area contributed by atoms with E-state index in [9.17, 15) is 9.18 Å². The van der Waals surface area contributed by atoms with Crippen LogP contribution in [0, 0.1) is 5.82 Å². The second-order valence-electron chi connectivity index (χ2n) is 7.56. The molecule has 0 atom stereocenters. The van der Waals surface area contributed by atoms with E-state index in [4.69, 9.17) is 4.74 Å². The summed E-state index contributed by atoms with van der Waals surface area (Å²) in [6, 6.07) is 14.1. The minimum absolute atomic E-state index is 0. The zero-order valence-electron chi connectivity index (χ0n) is 17.8. The zero-order valence-corrected chi connectivity index (χ0v) is 20.1. The molecule has 0 aliphatic carbocycles. The number of hydrogen-bond acceptors (Lipinski definition) is 3. The molecule has 0 fully saturated rings. The van der Waals surface area contributed by atoms with Gasteiger partial charge in [-0.15, -0.1) is 24.0 Å². The van der Waals surface area contributed by atoms with Crippen molar-refractivity contribution in [3.05, 3.63) is 65.5 Å². The van der Waals surface area contributed by atoms with Crippen molar-refractivity contribution >= 4 is 41.7 Å². The van der Waals surface area contributed by atoms with Crippen LogP contribution in [0.4, 0.5) is 14.9 Å². The molecule has 0 radical (unpaired) electrons. The normalized spacial score (nSPS) is 11.3. The van der Waals surface area contributed by atoms with Crippen molar-refractivity contribution in [3.63, 3.8) is 0 Å². The molecular weight excluding hydrogens is 498 g/mol. The number of benzene rings is 2. The van der Waals surface area contributed by atoms with Crippen LogP contribution < -0.4 is 16.0 Å². The van der Waals surface area contributed by atoms with Gasteiger partial charge in [-0.2, -0.15) is 0 Å². The first-order chi connectivity index (χ1) is 13.7. The van der Waals surface area contributed by atoms with Crippen molar-refractivity contribution in [2.45, 2.75) is 39.3 Å². The Morgan fingerprint density at radius 3 is 2.37 bits per heavy atom. The highest BCUT2D eigenvalue weighted by atomic mass is 127. The van der Waals surface area contributed by atoms with E-state index in [2.05, 4.69) is 20.9 Å². The van der Waals surface area contributed by atoms with Crippen LogP contribution in [0.2, 0.25) is 0 Å². The molecule has 0 saturated carbocycles. The SMILES string of the molecule is CN=C(NCCc1ccc(NC(=O)OC(C)(C)C)cc1)NCc1cccc(F)c1.I. The summed E-state index contributed by atoms with van der Waals surface area (Å²) in [7, 11) is 1.69. The number of aliphatic imine (C=N–C) groups is 1. The van der Waals surface area contributed by atoms with Crippen molar-refractivity contribution < 1.29 is 13.9 Å². The van der Waals surface area contributed by atoms with Gasteiger partial charge in [-0.05, 0) is 62.6 Å². The molecule has 0 saturated heterocycles. The first kappa shape index (κ1) is 25.7. The summed E-state index contributed by atoms with van der Waals surface area (Å²) in [6.45, 7) is 6.64. The van der Waals surface area contributed by atoms with Gasteiger partial charge in [0.2, 0.25) is 0 Å². The lowest BCUT2D eigenvalue weighted by Crippen LogP contribution is -2.37. The van der Waals surface area contributed by atoms with Crippen molar-refractivity contribution in [3.8, 4) is 0 Å². The van der Waals surface area contributed by atoms with Gasteiger partial charge in [0.15, 0.2) is 5.96 Å². The minimum atomic E-state index is -0.531. The van der Waals surface area contributed by atoms with Crippen LogP contribution in [-0.4, -0.2) is 31.2 Å². The van der Waals surface area contributed by atoms with Gasteiger partial charge in [-0.25, -0.2) is 9.18 Å². The maximum atomic E-state index is 13.2. The summed E-state index contributed by atoms with van der Waals surface area (Å²) >= 11 is 0. The number of hydrogen-bond donors (Lipinski definition) is 3. The van der Waals surface area contributed by atoms with Gasteiger partial charge in [0.05, 0.1) is 0 Å². The molecule has 8 heteroatoms. The van der Waals surface area contributed by atoms with E-state index in [1.807, 2.05) is 51.1 Å². The fourth-order valence-electron chi connectivity index (χ4n) is 2.55. The molecule has 164 valence electrons. The zero-order chi connectivity index (χ0) is 21.3. The lowest BCUT2D eigenvalue weighted by Gasteiger charge is -2.19. The first-order valence-electron chi connectivity index (χ1n) is 9.53. The summed E-state index contributed by atoms with van der Waals surface area (Å²) in [5.74, 6) is 0.398. The molecule has 2 aromatic rings. The van der Waals surface area contributed by atoms with Crippen LogP contribution in [0.15, 0.2) is 53.5 Å². The number of nitrogens with one attached hydrogen (secondary N) is 3. The molecule has 0 aromatic heterocycles. The summed E-state index contributed by atoms with van der Waals surface area (Å²) in [5, 5.41) is 9.10. The van der Waals surface area contributed by atoms with Crippen molar-refractivity contribution in [1.29, 1.82) is 0 Å². The molecule has 0 heterocycles. The van der Waals surface area contributed by atoms with Crippen LogP contribution in [0.1, 0.15) is 31.9 Å². The Morgan fingerprint density at radius 2 is 1.77 bits per heavy atom. The van der Waals surface area contributed by atoms with Gasteiger partial charge in [0, 0.05) is 25.8 Å². The summed E-state index contributed by atoms with van der Waals surface area (Å²) in [6.07, 6.45) is 0.313. The van der Waals surface area contributed by atoms with Crippen molar-refractivity contribution in [2.75, 3.05) is 18.9 Å². The Morgan fingerprint density at radius 1 is 1.07 bits per heavy atom. The van der Waals surface area contributed by atoms with Gasteiger partial charge >= 0.3 is 6.09 Å². The molecule has 2 aromatic carbocycles. The summed E-state index contributed by atoms with van der Waals surface area (Å²) in [4.78, 5) is 16.0. The third-order valence-electron chi connectivity index (χ3n) is 3.88.